The number of hydrogen-bond acceptors (Lipinski definition) is 2. The van der Waals surface area contributed by atoms with Gasteiger partial charge in [0.05, 0.1) is 0 Å². The zero-order valence-corrected chi connectivity index (χ0v) is 13.2. The fraction of sp³-hybridized carbons (Fsp3) is 0.533. The summed E-state index contributed by atoms with van der Waals surface area (Å²) in [6.07, 6.45) is 3.59. The Morgan fingerprint density at radius 3 is 2.90 bits per heavy atom. The first-order chi connectivity index (χ1) is 9.47. The van der Waals surface area contributed by atoms with Crippen LogP contribution in [0.3, 0.4) is 0 Å². The Balaban J connectivity index is 1.95. The van der Waals surface area contributed by atoms with Crippen LogP contribution in [0.1, 0.15) is 31.2 Å². The predicted octanol–water partition coefficient (Wildman–Crippen LogP) is 3.06. The van der Waals surface area contributed by atoms with Crippen molar-refractivity contribution in [3.63, 3.8) is 0 Å². The van der Waals surface area contributed by atoms with E-state index in [1.165, 1.54) is 6.07 Å². The Morgan fingerprint density at radius 2 is 2.25 bits per heavy atom. The third-order valence-electron chi connectivity index (χ3n) is 4.00. The number of carbonyl (C=O) groups is 1. The summed E-state index contributed by atoms with van der Waals surface area (Å²) in [5.41, 5.74) is 6.51. The van der Waals surface area contributed by atoms with Crippen molar-refractivity contribution in [3.8, 4) is 0 Å². The van der Waals surface area contributed by atoms with Gasteiger partial charge in [-0.3, -0.25) is 4.79 Å². The van der Waals surface area contributed by atoms with Gasteiger partial charge in [-0.05, 0) is 37.0 Å². The van der Waals surface area contributed by atoms with Crippen LogP contribution in [0, 0.1) is 11.7 Å². The summed E-state index contributed by atoms with van der Waals surface area (Å²) < 4.78 is 14.5. The number of nitrogens with two attached hydrogens (primary N) is 1. The van der Waals surface area contributed by atoms with E-state index in [2.05, 4.69) is 15.9 Å². The van der Waals surface area contributed by atoms with Gasteiger partial charge in [0.2, 0.25) is 5.91 Å². The molecule has 0 bridgehead atoms. The molecule has 2 rings (SSSR count). The largest absolute Gasteiger partial charge is 0.341 e. The quantitative estimate of drug-likeness (QED) is 0.913. The molecule has 2 atom stereocenters. The van der Waals surface area contributed by atoms with Crippen LogP contribution < -0.4 is 5.73 Å². The van der Waals surface area contributed by atoms with Gasteiger partial charge in [-0.2, -0.15) is 0 Å². The molecule has 2 N–H and O–H groups in total. The van der Waals surface area contributed by atoms with Crippen LogP contribution in [0.4, 0.5) is 4.39 Å². The van der Waals surface area contributed by atoms with Crippen molar-refractivity contribution >= 4 is 21.8 Å². The minimum atomic E-state index is -0.287. The maximum absolute atomic E-state index is 13.7. The van der Waals surface area contributed by atoms with Crippen LogP contribution in [0.25, 0.3) is 0 Å². The molecule has 5 heteroatoms. The zero-order valence-electron chi connectivity index (χ0n) is 11.6. The van der Waals surface area contributed by atoms with E-state index in [9.17, 15) is 9.18 Å². The topological polar surface area (TPSA) is 46.3 Å². The van der Waals surface area contributed by atoms with E-state index in [1.807, 2.05) is 0 Å². The zero-order chi connectivity index (χ0) is 14.7. The molecule has 20 heavy (non-hydrogen) atoms. The SMILES string of the molecule is CN(Cc1cc(Br)ccc1F)C(=O)C[C@@H]1CCC[C@H]1N. The smallest absolute Gasteiger partial charge is 0.222 e. The summed E-state index contributed by atoms with van der Waals surface area (Å²) >= 11 is 3.32. The molecule has 0 heterocycles. The third kappa shape index (κ3) is 3.79. The number of nitrogens with zero attached hydrogens (tertiary/aromatic N) is 1. The van der Waals surface area contributed by atoms with Gasteiger partial charge in [-0.1, -0.05) is 22.4 Å². The van der Waals surface area contributed by atoms with E-state index in [0.29, 0.717) is 12.0 Å². The molecule has 0 unspecified atom stereocenters. The average molecular weight is 343 g/mol. The highest BCUT2D eigenvalue weighted by Crippen LogP contribution is 2.27. The third-order valence-corrected chi connectivity index (χ3v) is 4.49. The van der Waals surface area contributed by atoms with Crippen LogP contribution >= 0.6 is 15.9 Å². The number of rotatable bonds is 4. The Labute approximate surface area is 127 Å². The Morgan fingerprint density at radius 1 is 1.50 bits per heavy atom. The highest BCUT2D eigenvalue weighted by atomic mass is 79.9. The van der Waals surface area contributed by atoms with E-state index in [-0.39, 0.29) is 30.2 Å². The molecule has 1 fully saturated rings. The maximum Gasteiger partial charge on any atom is 0.222 e. The van der Waals surface area contributed by atoms with Gasteiger partial charge in [0.15, 0.2) is 0 Å². The van der Waals surface area contributed by atoms with Gasteiger partial charge < -0.3 is 10.6 Å². The molecule has 0 aromatic heterocycles. The lowest BCUT2D eigenvalue weighted by atomic mass is 9.99. The second-order valence-corrected chi connectivity index (χ2v) is 6.46. The van der Waals surface area contributed by atoms with E-state index >= 15 is 0 Å². The molecule has 0 spiro atoms. The Bertz CT molecular complexity index is 495. The summed E-state index contributed by atoms with van der Waals surface area (Å²) in [7, 11) is 1.71. The lowest BCUT2D eigenvalue weighted by Crippen LogP contribution is -2.32. The van der Waals surface area contributed by atoms with Crippen molar-refractivity contribution in [2.75, 3.05) is 7.05 Å². The molecule has 1 aromatic carbocycles. The molecule has 0 saturated heterocycles. The van der Waals surface area contributed by atoms with Gasteiger partial charge in [-0.25, -0.2) is 4.39 Å². The fourth-order valence-electron chi connectivity index (χ4n) is 2.71. The van der Waals surface area contributed by atoms with Crippen molar-refractivity contribution in [2.24, 2.45) is 11.7 Å². The first-order valence-corrected chi connectivity index (χ1v) is 7.70. The summed E-state index contributed by atoms with van der Waals surface area (Å²) in [5, 5.41) is 0. The van der Waals surface area contributed by atoms with Crippen LogP contribution in [-0.4, -0.2) is 23.9 Å². The van der Waals surface area contributed by atoms with Crippen LogP contribution in [0.2, 0.25) is 0 Å². The minimum absolute atomic E-state index is 0.0340. The molecule has 1 aromatic rings. The fourth-order valence-corrected chi connectivity index (χ4v) is 3.12. The molecular formula is C15H20BrFN2O. The molecule has 1 aliphatic rings. The summed E-state index contributed by atoms with van der Waals surface area (Å²) in [6, 6.07) is 4.90. The number of hydrogen-bond donors (Lipinski definition) is 1. The predicted molar refractivity (Wildman–Crippen MR) is 80.5 cm³/mol. The van der Waals surface area contributed by atoms with Gasteiger partial charge in [0.1, 0.15) is 5.82 Å². The summed E-state index contributed by atoms with van der Waals surface area (Å²) in [6.45, 7) is 0.284. The number of benzene rings is 1. The van der Waals surface area contributed by atoms with Crippen molar-refractivity contribution in [3.05, 3.63) is 34.1 Å². The molecule has 3 nitrogen and oxygen atoms in total. The van der Waals surface area contributed by atoms with Crippen molar-refractivity contribution < 1.29 is 9.18 Å². The Hall–Kier alpha value is -0.940. The van der Waals surface area contributed by atoms with Gasteiger partial charge in [0, 0.05) is 36.1 Å². The van der Waals surface area contributed by atoms with Crippen LogP contribution in [-0.2, 0) is 11.3 Å². The van der Waals surface area contributed by atoms with Crippen LogP contribution in [0.5, 0.6) is 0 Å². The minimum Gasteiger partial charge on any atom is -0.341 e. The lowest BCUT2D eigenvalue weighted by Gasteiger charge is -2.21. The monoisotopic (exact) mass is 342 g/mol. The van der Waals surface area contributed by atoms with Gasteiger partial charge in [0.25, 0.3) is 0 Å². The molecule has 0 aliphatic heterocycles. The Kier molecular flexibility index (Phi) is 5.16. The number of amides is 1. The van der Waals surface area contributed by atoms with E-state index in [1.54, 1.807) is 24.1 Å². The van der Waals surface area contributed by atoms with Crippen molar-refractivity contribution in [1.82, 2.24) is 4.90 Å². The normalized spacial score (nSPS) is 22.0. The summed E-state index contributed by atoms with van der Waals surface area (Å²) in [4.78, 5) is 13.8. The molecule has 1 amide bonds. The average Bonchev–Trinajstić information content (AvgIpc) is 2.79. The maximum atomic E-state index is 13.7. The first-order valence-electron chi connectivity index (χ1n) is 6.91. The van der Waals surface area contributed by atoms with Crippen molar-refractivity contribution in [1.29, 1.82) is 0 Å². The van der Waals surface area contributed by atoms with Crippen LogP contribution in [0.15, 0.2) is 22.7 Å². The molecule has 1 aliphatic carbocycles. The van der Waals surface area contributed by atoms with Gasteiger partial charge >= 0.3 is 0 Å². The number of carbonyl (C=O) groups excluding carboxylic acids is 1. The van der Waals surface area contributed by atoms with E-state index in [4.69, 9.17) is 5.73 Å². The lowest BCUT2D eigenvalue weighted by molar-refractivity contribution is -0.131. The molecule has 0 radical (unpaired) electrons. The second kappa shape index (κ2) is 6.68. The summed E-state index contributed by atoms with van der Waals surface area (Å²) in [5.74, 6) is 0.0226. The second-order valence-electron chi connectivity index (χ2n) is 5.54. The highest BCUT2D eigenvalue weighted by molar-refractivity contribution is 9.10. The molecule has 110 valence electrons. The molecule has 1 saturated carbocycles. The first kappa shape index (κ1) is 15.4. The number of halogens is 2. The highest BCUT2D eigenvalue weighted by Gasteiger charge is 2.27. The standard InChI is InChI=1S/C15H20BrFN2O/c1-19(9-11-7-12(16)5-6-13(11)17)15(20)8-10-3-2-4-14(10)18/h5-7,10,14H,2-4,8-9,18H2,1H3/t10-,14+/m0/s1. The van der Waals surface area contributed by atoms with E-state index < -0.39 is 0 Å². The van der Waals surface area contributed by atoms with E-state index in [0.717, 1.165) is 23.7 Å². The molecular weight excluding hydrogens is 323 g/mol. The van der Waals surface area contributed by atoms with Gasteiger partial charge in [-0.15, -0.1) is 0 Å². The van der Waals surface area contributed by atoms with Crippen molar-refractivity contribution in [2.45, 2.75) is 38.3 Å².